The van der Waals surface area contributed by atoms with Crippen LogP contribution >= 0.6 is 0 Å². The summed E-state index contributed by atoms with van der Waals surface area (Å²) in [5.74, 6) is -2.18. The lowest BCUT2D eigenvalue weighted by Crippen LogP contribution is -2.35. The van der Waals surface area contributed by atoms with E-state index in [-0.39, 0.29) is 11.5 Å². The van der Waals surface area contributed by atoms with Gasteiger partial charge in [-0.2, -0.15) is 0 Å². The van der Waals surface area contributed by atoms with Gasteiger partial charge in [-0.05, 0) is 6.42 Å². The van der Waals surface area contributed by atoms with E-state index in [0.29, 0.717) is 13.2 Å². The molecule has 1 aliphatic rings. The minimum atomic E-state index is -2.06. The molecule has 0 saturated carbocycles. The molecular formula is C16H23BF2O4. The Morgan fingerprint density at radius 1 is 1.09 bits per heavy atom. The molecule has 0 radical (unpaired) electrons. The first-order valence-corrected chi connectivity index (χ1v) is 8.11. The van der Waals surface area contributed by atoms with Gasteiger partial charge in [-0.1, -0.05) is 44.7 Å². The van der Waals surface area contributed by atoms with Crippen molar-refractivity contribution in [2.75, 3.05) is 13.2 Å². The molecule has 1 aromatic carbocycles. The predicted molar refractivity (Wildman–Crippen MR) is 83.1 cm³/mol. The molecule has 0 spiro atoms. The summed E-state index contributed by atoms with van der Waals surface area (Å²) in [6.07, 6.45) is 4.73. The summed E-state index contributed by atoms with van der Waals surface area (Å²) >= 11 is 0. The molecule has 7 heteroatoms. The first kappa shape index (κ1) is 18.3. The Balaban J connectivity index is 1.91. The lowest BCUT2D eigenvalue weighted by molar-refractivity contribution is -0.207. The zero-order valence-corrected chi connectivity index (χ0v) is 13.3. The van der Waals surface area contributed by atoms with Gasteiger partial charge in [0.05, 0.1) is 13.2 Å². The van der Waals surface area contributed by atoms with Crippen LogP contribution < -0.4 is 5.46 Å². The van der Waals surface area contributed by atoms with Gasteiger partial charge in [0.25, 0.3) is 0 Å². The van der Waals surface area contributed by atoms with Crippen LogP contribution in [0.15, 0.2) is 12.1 Å². The average Bonchev–Trinajstić information content (AvgIpc) is 2.54. The molecule has 2 rings (SSSR count). The minimum absolute atomic E-state index is 0.0590. The second kappa shape index (κ2) is 8.73. The van der Waals surface area contributed by atoms with Crippen molar-refractivity contribution in [1.82, 2.24) is 0 Å². The molecule has 2 N–H and O–H groups in total. The van der Waals surface area contributed by atoms with Crippen LogP contribution in [0.2, 0.25) is 0 Å². The zero-order chi connectivity index (χ0) is 16.8. The molecule has 23 heavy (non-hydrogen) atoms. The predicted octanol–water partition coefficient (Wildman–Crippen LogP) is 2.28. The van der Waals surface area contributed by atoms with E-state index in [1.54, 1.807) is 0 Å². The summed E-state index contributed by atoms with van der Waals surface area (Å²) in [7, 11) is -2.06. The molecule has 1 aromatic rings. The molecule has 128 valence electrons. The molecule has 4 nitrogen and oxygen atoms in total. The van der Waals surface area contributed by atoms with Crippen LogP contribution in [-0.4, -0.2) is 30.4 Å². The number of halogens is 2. The number of hydrogen-bond donors (Lipinski definition) is 2. The highest BCUT2D eigenvalue weighted by Crippen LogP contribution is 2.29. The van der Waals surface area contributed by atoms with Gasteiger partial charge in [-0.15, -0.1) is 0 Å². The van der Waals surface area contributed by atoms with E-state index < -0.39 is 30.5 Å². The van der Waals surface area contributed by atoms with Gasteiger partial charge in [0.15, 0.2) is 17.9 Å². The van der Waals surface area contributed by atoms with E-state index >= 15 is 0 Å². The molecule has 0 unspecified atom stereocenters. The Hall–Kier alpha value is -1.02. The number of hydrogen-bond acceptors (Lipinski definition) is 4. The van der Waals surface area contributed by atoms with Crippen LogP contribution in [0.25, 0.3) is 0 Å². The first-order chi connectivity index (χ1) is 11.0. The van der Waals surface area contributed by atoms with E-state index in [2.05, 4.69) is 6.92 Å². The summed E-state index contributed by atoms with van der Waals surface area (Å²) in [5.41, 5.74) is -0.563. The van der Waals surface area contributed by atoms with Crippen LogP contribution in [0.4, 0.5) is 8.78 Å². The molecule has 0 aromatic heterocycles. The van der Waals surface area contributed by atoms with Crippen molar-refractivity contribution >= 4 is 12.6 Å². The molecular weight excluding hydrogens is 305 g/mol. The Morgan fingerprint density at radius 3 is 2.39 bits per heavy atom. The molecule has 1 heterocycles. The number of benzene rings is 1. The zero-order valence-electron chi connectivity index (χ0n) is 13.3. The summed E-state index contributed by atoms with van der Waals surface area (Å²) < 4.78 is 38.8. The molecule has 1 saturated heterocycles. The maximum atomic E-state index is 14.0. The topological polar surface area (TPSA) is 58.9 Å². The monoisotopic (exact) mass is 328 g/mol. The highest BCUT2D eigenvalue weighted by molar-refractivity contribution is 6.58. The lowest BCUT2D eigenvalue weighted by atomic mass is 9.79. The fraction of sp³-hybridized carbons (Fsp3) is 0.625. The quantitative estimate of drug-likeness (QED) is 0.596. The van der Waals surface area contributed by atoms with Gasteiger partial charge < -0.3 is 19.5 Å². The van der Waals surface area contributed by atoms with Gasteiger partial charge in [0, 0.05) is 16.9 Å². The number of unbranched alkanes of at least 4 members (excludes halogenated alkanes) is 3. The maximum Gasteiger partial charge on any atom is 0.491 e. The van der Waals surface area contributed by atoms with Crippen LogP contribution in [0.1, 0.15) is 50.9 Å². The third kappa shape index (κ3) is 4.73. The highest BCUT2D eigenvalue weighted by atomic mass is 19.2. The Labute approximate surface area is 135 Å². The van der Waals surface area contributed by atoms with Crippen molar-refractivity contribution in [3.63, 3.8) is 0 Å². The van der Waals surface area contributed by atoms with Crippen molar-refractivity contribution in [2.45, 2.75) is 45.3 Å². The third-order valence-corrected chi connectivity index (χ3v) is 4.11. The van der Waals surface area contributed by atoms with Crippen LogP contribution in [0.3, 0.4) is 0 Å². The highest BCUT2D eigenvalue weighted by Gasteiger charge is 2.29. The van der Waals surface area contributed by atoms with E-state index in [9.17, 15) is 8.78 Å². The average molecular weight is 328 g/mol. The standard InChI is InChI=1S/C16H23BF2O4/c1-2-3-4-5-6-11-9-22-16(23-10-11)12-7-8-13(17(20)21)15(19)14(12)18/h7-8,11,16,20-21H,2-6,9-10H2,1H3. The molecule has 1 fully saturated rings. The Bertz CT molecular complexity index is 505. The van der Waals surface area contributed by atoms with Crippen molar-refractivity contribution in [1.29, 1.82) is 0 Å². The summed E-state index contributed by atoms with van der Waals surface area (Å²) in [4.78, 5) is 0. The lowest BCUT2D eigenvalue weighted by Gasteiger charge is -2.30. The fourth-order valence-electron chi connectivity index (χ4n) is 2.71. The third-order valence-electron chi connectivity index (χ3n) is 4.11. The molecule has 0 aliphatic carbocycles. The van der Waals surface area contributed by atoms with E-state index in [4.69, 9.17) is 19.5 Å². The van der Waals surface area contributed by atoms with Gasteiger partial charge in [-0.3, -0.25) is 0 Å². The van der Waals surface area contributed by atoms with Gasteiger partial charge in [0.1, 0.15) is 0 Å². The summed E-state index contributed by atoms with van der Waals surface area (Å²) in [5, 5.41) is 17.9. The van der Waals surface area contributed by atoms with Crippen LogP contribution in [-0.2, 0) is 9.47 Å². The van der Waals surface area contributed by atoms with Gasteiger partial charge in [-0.25, -0.2) is 8.78 Å². The molecule has 0 atom stereocenters. The molecule has 1 aliphatic heterocycles. The van der Waals surface area contributed by atoms with Crippen molar-refractivity contribution in [3.05, 3.63) is 29.3 Å². The number of rotatable bonds is 7. The normalized spacial score (nSPS) is 21.4. The van der Waals surface area contributed by atoms with Crippen molar-refractivity contribution in [3.8, 4) is 0 Å². The van der Waals surface area contributed by atoms with Gasteiger partial charge in [0.2, 0.25) is 0 Å². The van der Waals surface area contributed by atoms with E-state index in [1.807, 2.05) is 0 Å². The van der Waals surface area contributed by atoms with Gasteiger partial charge >= 0.3 is 7.12 Å². The first-order valence-electron chi connectivity index (χ1n) is 8.11. The minimum Gasteiger partial charge on any atom is -0.423 e. The molecule has 0 bridgehead atoms. The van der Waals surface area contributed by atoms with E-state index in [1.165, 1.54) is 25.3 Å². The summed E-state index contributed by atoms with van der Waals surface area (Å²) in [6.45, 7) is 3.05. The van der Waals surface area contributed by atoms with Crippen molar-refractivity contribution in [2.24, 2.45) is 5.92 Å². The second-order valence-electron chi connectivity index (χ2n) is 5.96. The summed E-state index contributed by atoms with van der Waals surface area (Å²) in [6, 6.07) is 2.39. The number of ether oxygens (including phenoxy) is 2. The van der Waals surface area contributed by atoms with Crippen molar-refractivity contribution < 1.29 is 28.3 Å². The maximum absolute atomic E-state index is 14.0. The fourth-order valence-corrected chi connectivity index (χ4v) is 2.71. The molecule has 0 amide bonds. The van der Waals surface area contributed by atoms with Crippen LogP contribution in [0, 0.1) is 17.6 Å². The Morgan fingerprint density at radius 2 is 1.78 bits per heavy atom. The second-order valence-corrected chi connectivity index (χ2v) is 5.96. The van der Waals surface area contributed by atoms with E-state index in [0.717, 1.165) is 18.9 Å². The SMILES string of the molecule is CCCCCCC1COC(c2ccc(B(O)O)c(F)c2F)OC1. The van der Waals surface area contributed by atoms with Crippen LogP contribution in [0.5, 0.6) is 0 Å². The largest absolute Gasteiger partial charge is 0.491 e. The Kier molecular flexibility index (Phi) is 6.96. The smallest absolute Gasteiger partial charge is 0.423 e.